The average Bonchev–Trinajstić information content (AvgIpc) is 3.23. The third kappa shape index (κ3) is 5.89. The fraction of sp³-hybridized carbons (Fsp3) is 0.130. The molecule has 1 aromatic heterocycles. The third-order valence-electron chi connectivity index (χ3n) is 4.13. The van der Waals surface area contributed by atoms with Crippen LogP contribution in [0.3, 0.4) is 0 Å². The van der Waals surface area contributed by atoms with E-state index in [1.54, 1.807) is 67.6 Å². The highest BCUT2D eigenvalue weighted by molar-refractivity contribution is 5.96. The van der Waals surface area contributed by atoms with Crippen molar-refractivity contribution in [1.29, 1.82) is 0 Å². The summed E-state index contributed by atoms with van der Waals surface area (Å²) in [5.41, 5.74) is 4.67. The van der Waals surface area contributed by atoms with Crippen molar-refractivity contribution in [3.8, 4) is 11.3 Å². The van der Waals surface area contributed by atoms with Crippen molar-refractivity contribution in [2.24, 2.45) is 5.10 Å². The quantitative estimate of drug-likeness (QED) is 0.343. The molecule has 2 aromatic carbocycles. The zero-order valence-corrected chi connectivity index (χ0v) is 17.0. The second-order valence-electron chi connectivity index (χ2n) is 6.46. The lowest BCUT2D eigenvalue weighted by Gasteiger charge is -2.03. The molecule has 0 atom stereocenters. The number of carbonyl (C=O) groups excluding carboxylic acids is 3. The molecular weight excluding hydrogens is 398 g/mol. The van der Waals surface area contributed by atoms with Crippen LogP contribution < -0.4 is 10.7 Å². The van der Waals surface area contributed by atoms with E-state index >= 15 is 0 Å². The standard InChI is InChI=1S/C23H21N3O5/c1-3-30-23(29)18-6-4-16(5-7-18)21-13-12-20(31-21)14-24-26-22(28)17-8-10-19(11-9-17)25-15(2)27/h4-14H,3H2,1-2H3,(H,25,27)(H,26,28). The zero-order chi connectivity index (χ0) is 22.2. The molecule has 0 aliphatic carbocycles. The van der Waals surface area contributed by atoms with E-state index in [9.17, 15) is 14.4 Å². The minimum Gasteiger partial charge on any atom is -0.462 e. The van der Waals surface area contributed by atoms with Crippen LogP contribution in [0.1, 0.15) is 40.3 Å². The van der Waals surface area contributed by atoms with Gasteiger partial charge in [0.05, 0.1) is 18.4 Å². The van der Waals surface area contributed by atoms with Gasteiger partial charge in [-0.05, 0) is 55.5 Å². The first kappa shape index (κ1) is 21.5. The van der Waals surface area contributed by atoms with Gasteiger partial charge in [-0.1, -0.05) is 12.1 Å². The number of ether oxygens (including phenoxy) is 1. The van der Waals surface area contributed by atoms with Crippen LogP contribution in [0.4, 0.5) is 5.69 Å². The third-order valence-corrected chi connectivity index (χ3v) is 4.13. The van der Waals surface area contributed by atoms with Gasteiger partial charge in [0.1, 0.15) is 11.5 Å². The molecule has 8 nitrogen and oxygen atoms in total. The number of furan rings is 1. The number of nitrogens with zero attached hydrogens (tertiary/aromatic N) is 1. The van der Waals surface area contributed by atoms with Crippen molar-refractivity contribution in [3.05, 3.63) is 77.6 Å². The van der Waals surface area contributed by atoms with Gasteiger partial charge in [-0.3, -0.25) is 9.59 Å². The summed E-state index contributed by atoms with van der Waals surface area (Å²) in [5.74, 6) is 0.0888. The molecule has 31 heavy (non-hydrogen) atoms. The van der Waals surface area contributed by atoms with Gasteiger partial charge in [0.25, 0.3) is 5.91 Å². The van der Waals surface area contributed by atoms with E-state index in [4.69, 9.17) is 9.15 Å². The van der Waals surface area contributed by atoms with Gasteiger partial charge in [-0.2, -0.15) is 5.10 Å². The molecule has 158 valence electrons. The van der Waals surface area contributed by atoms with Crippen LogP contribution in [0, 0.1) is 0 Å². The van der Waals surface area contributed by atoms with Gasteiger partial charge in [0.2, 0.25) is 5.91 Å². The van der Waals surface area contributed by atoms with E-state index in [0.29, 0.717) is 34.9 Å². The Hall–Kier alpha value is -4.20. The van der Waals surface area contributed by atoms with Crippen molar-refractivity contribution >= 4 is 29.7 Å². The largest absolute Gasteiger partial charge is 0.462 e. The summed E-state index contributed by atoms with van der Waals surface area (Å²) in [4.78, 5) is 34.9. The molecule has 8 heteroatoms. The lowest BCUT2D eigenvalue weighted by Crippen LogP contribution is -2.17. The second kappa shape index (κ2) is 10.0. The number of anilines is 1. The Balaban J connectivity index is 1.58. The topological polar surface area (TPSA) is 110 Å². The molecule has 0 aliphatic heterocycles. The number of carbonyl (C=O) groups is 3. The summed E-state index contributed by atoms with van der Waals surface area (Å²) in [7, 11) is 0. The molecule has 3 aromatic rings. The molecule has 2 amide bonds. The maximum atomic E-state index is 12.1. The maximum Gasteiger partial charge on any atom is 0.338 e. The summed E-state index contributed by atoms with van der Waals surface area (Å²) in [6.45, 7) is 3.48. The number of hydrogen-bond acceptors (Lipinski definition) is 6. The van der Waals surface area contributed by atoms with Crippen molar-refractivity contribution < 1.29 is 23.5 Å². The molecule has 0 bridgehead atoms. The van der Waals surface area contributed by atoms with Gasteiger partial charge >= 0.3 is 5.97 Å². The highest BCUT2D eigenvalue weighted by Crippen LogP contribution is 2.22. The number of hydrogen-bond donors (Lipinski definition) is 2. The number of nitrogens with one attached hydrogen (secondary N) is 2. The van der Waals surface area contributed by atoms with Crippen molar-refractivity contribution in [2.75, 3.05) is 11.9 Å². The lowest BCUT2D eigenvalue weighted by molar-refractivity contribution is -0.114. The normalized spacial score (nSPS) is 10.6. The molecular formula is C23H21N3O5. The number of hydrazone groups is 1. The number of benzene rings is 2. The summed E-state index contributed by atoms with van der Waals surface area (Å²) in [6.07, 6.45) is 1.39. The van der Waals surface area contributed by atoms with Crippen LogP contribution in [0.5, 0.6) is 0 Å². The summed E-state index contributed by atoms with van der Waals surface area (Å²) < 4.78 is 10.7. The highest BCUT2D eigenvalue weighted by atomic mass is 16.5. The molecule has 0 radical (unpaired) electrons. The molecule has 2 N–H and O–H groups in total. The highest BCUT2D eigenvalue weighted by Gasteiger charge is 2.09. The fourth-order valence-electron chi connectivity index (χ4n) is 2.69. The Labute approximate surface area is 178 Å². The van der Waals surface area contributed by atoms with E-state index in [0.717, 1.165) is 5.56 Å². The molecule has 0 saturated carbocycles. The first-order valence-electron chi connectivity index (χ1n) is 9.54. The Bertz CT molecular complexity index is 1100. The van der Waals surface area contributed by atoms with Crippen LogP contribution in [0.2, 0.25) is 0 Å². The molecule has 0 fully saturated rings. The number of amides is 2. The fourth-order valence-corrected chi connectivity index (χ4v) is 2.69. The molecule has 0 spiro atoms. The Morgan fingerprint density at radius 1 is 0.968 bits per heavy atom. The monoisotopic (exact) mass is 419 g/mol. The molecule has 0 unspecified atom stereocenters. The maximum absolute atomic E-state index is 12.1. The molecule has 3 rings (SSSR count). The molecule has 1 heterocycles. The smallest absolute Gasteiger partial charge is 0.338 e. The van der Waals surface area contributed by atoms with E-state index < -0.39 is 5.91 Å². The number of rotatable bonds is 7. The van der Waals surface area contributed by atoms with Crippen molar-refractivity contribution in [3.63, 3.8) is 0 Å². The molecule has 0 aliphatic rings. The van der Waals surface area contributed by atoms with Gasteiger partial charge in [-0.25, -0.2) is 10.2 Å². The van der Waals surface area contributed by atoms with Crippen molar-refractivity contribution in [1.82, 2.24) is 5.43 Å². The van der Waals surface area contributed by atoms with Crippen LogP contribution in [-0.4, -0.2) is 30.6 Å². The van der Waals surface area contributed by atoms with Gasteiger partial charge in [-0.15, -0.1) is 0 Å². The molecule has 0 saturated heterocycles. The predicted molar refractivity (Wildman–Crippen MR) is 116 cm³/mol. The van der Waals surface area contributed by atoms with Crippen LogP contribution in [-0.2, 0) is 9.53 Å². The van der Waals surface area contributed by atoms with Gasteiger partial charge in [0.15, 0.2) is 0 Å². The van der Waals surface area contributed by atoms with Crippen molar-refractivity contribution in [2.45, 2.75) is 13.8 Å². The first-order chi connectivity index (χ1) is 15.0. The SMILES string of the molecule is CCOC(=O)c1ccc(-c2ccc(C=NNC(=O)c3ccc(NC(C)=O)cc3)o2)cc1. The first-order valence-corrected chi connectivity index (χ1v) is 9.54. The predicted octanol–water partition coefficient (Wildman–Crippen LogP) is 3.85. The van der Waals surface area contributed by atoms with Crippen LogP contribution in [0.25, 0.3) is 11.3 Å². The second-order valence-corrected chi connectivity index (χ2v) is 6.46. The van der Waals surface area contributed by atoms with Crippen LogP contribution >= 0.6 is 0 Å². The van der Waals surface area contributed by atoms with Crippen LogP contribution in [0.15, 0.2) is 70.2 Å². The van der Waals surface area contributed by atoms with Gasteiger partial charge < -0.3 is 14.5 Å². The van der Waals surface area contributed by atoms with E-state index in [2.05, 4.69) is 15.8 Å². The summed E-state index contributed by atoms with van der Waals surface area (Å²) in [5, 5.41) is 6.53. The minimum absolute atomic E-state index is 0.186. The Morgan fingerprint density at radius 3 is 2.29 bits per heavy atom. The van der Waals surface area contributed by atoms with E-state index in [-0.39, 0.29) is 11.9 Å². The summed E-state index contributed by atoms with van der Waals surface area (Å²) >= 11 is 0. The Kier molecular flexibility index (Phi) is 6.95. The minimum atomic E-state index is -0.396. The average molecular weight is 419 g/mol. The lowest BCUT2D eigenvalue weighted by atomic mass is 10.1. The van der Waals surface area contributed by atoms with E-state index in [1.165, 1.54) is 13.1 Å². The Morgan fingerprint density at radius 2 is 1.65 bits per heavy atom. The zero-order valence-electron chi connectivity index (χ0n) is 17.0. The van der Waals surface area contributed by atoms with E-state index in [1.807, 2.05) is 0 Å². The summed E-state index contributed by atoms with van der Waals surface area (Å²) in [6, 6.07) is 16.8. The van der Waals surface area contributed by atoms with Gasteiger partial charge in [0, 0.05) is 23.7 Å². The number of esters is 1.